The third kappa shape index (κ3) is 3.76. The number of thiophene rings is 1. The normalized spacial score (nSPS) is 12.7. The minimum atomic E-state index is -0.756. The molecule has 0 radical (unpaired) electrons. The minimum Gasteiger partial charge on any atom is -0.495 e. The molecule has 1 atom stereocenters. The lowest BCUT2D eigenvalue weighted by molar-refractivity contribution is -0.118. The van der Waals surface area contributed by atoms with Gasteiger partial charge in [0.05, 0.1) is 12.8 Å². The molecule has 2 aromatic rings. The summed E-state index contributed by atoms with van der Waals surface area (Å²) in [4.78, 5) is 13.5. The average molecular weight is 319 g/mol. The van der Waals surface area contributed by atoms with Crippen molar-refractivity contribution in [3.8, 4) is 5.75 Å². The maximum atomic E-state index is 12.5. The molecule has 0 fully saturated rings. The van der Waals surface area contributed by atoms with E-state index in [1.165, 1.54) is 18.4 Å². The molecule has 1 amide bonds. The number of carbonyl (C=O) groups is 1. The molecule has 4 N–H and O–H groups in total. The first kappa shape index (κ1) is 15.8. The first-order valence-corrected chi connectivity index (χ1v) is 7.47. The fraction of sp³-hybridized carbons (Fsp3) is 0.200. The summed E-state index contributed by atoms with van der Waals surface area (Å²) in [5.41, 5.74) is 6.21. The average Bonchev–Trinajstić information content (AvgIpc) is 3.05. The van der Waals surface area contributed by atoms with Gasteiger partial charge in [0, 0.05) is 11.3 Å². The van der Waals surface area contributed by atoms with Gasteiger partial charge < -0.3 is 21.0 Å². The number of hydrogen-bond acceptors (Lipinski definition) is 5. The molecule has 1 aromatic carbocycles. The smallest absolute Gasteiger partial charge is 0.235 e. The number of para-hydroxylation sites is 2. The van der Waals surface area contributed by atoms with Crippen molar-refractivity contribution in [1.29, 1.82) is 0 Å². The van der Waals surface area contributed by atoms with Crippen molar-refractivity contribution in [3.63, 3.8) is 0 Å². The van der Waals surface area contributed by atoms with Crippen LogP contribution >= 0.6 is 11.3 Å². The monoisotopic (exact) mass is 319 g/mol. The maximum absolute atomic E-state index is 12.5. The molecule has 0 aliphatic heterocycles. The van der Waals surface area contributed by atoms with Crippen LogP contribution in [0.3, 0.4) is 0 Å². The number of anilines is 1. The highest BCUT2D eigenvalue weighted by Gasteiger charge is 2.25. The molecule has 0 saturated carbocycles. The summed E-state index contributed by atoms with van der Waals surface area (Å²) in [6, 6.07) is 10.9. The van der Waals surface area contributed by atoms with E-state index in [0.29, 0.717) is 17.9 Å². The molecule has 0 aliphatic rings. The largest absolute Gasteiger partial charge is 0.495 e. The summed E-state index contributed by atoms with van der Waals surface area (Å²) < 4.78 is 5.20. The molecular weight excluding hydrogens is 302 g/mol. The number of nitrogens with zero attached hydrogens (tertiary/aromatic N) is 1. The zero-order valence-electron chi connectivity index (χ0n) is 12.0. The van der Waals surface area contributed by atoms with E-state index in [-0.39, 0.29) is 11.7 Å². The van der Waals surface area contributed by atoms with Gasteiger partial charge in [-0.3, -0.25) is 4.79 Å². The fourth-order valence-corrected chi connectivity index (χ4v) is 2.75. The highest BCUT2D eigenvalue weighted by molar-refractivity contribution is 7.09. The number of nitrogens with two attached hydrogens (primary N) is 1. The molecule has 1 aromatic heterocycles. The molecular formula is C15H17N3O3S. The van der Waals surface area contributed by atoms with E-state index in [1.54, 1.807) is 24.3 Å². The van der Waals surface area contributed by atoms with Gasteiger partial charge in [0.2, 0.25) is 5.91 Å². The molecule has 22 heavy (non-hydrogen) atoms. The Hall–Kier alpha value is -2.54. The lowest BCUT2D eigenvalue weighted by Gasteiger charge is -2.16. The Kier molecular flexibility index (Phi) is 5.37. The van der Waals surface area contributed by atoms with Crippen LogP contribution in [0.2, 0.25) is 0 Å². The summed E-state index contributed by atoms with van der Waals surface area (Å²) in [6.45, 7) is 0. The van der Waals surface area contributed by atoms with Gasteiger partial charge in [0.25, 0.3) is 0 Å². The lowest BCUT2D eigenvalue weighted by atomic mass is 10.0. The summed E-state index contributed by atoms with van der Waals surface area (Å²) in [6.07, 6.45) is 0.370. The molecule has 0 bridgehead atoms. The van der Waals surface area contributed by atoms with Crippen LogP contribution in [0.5, 0.6) is 5.75 Å². The van der Waals surface area contributed by atoms with E-state index >= 15 is 0 Å². The Morgan fingerprint density at radius 1 is 1.41 bits per heavy atom. The van der Waals surface area contributed by atoms with E-state index in [1.807, 2.05) is 17.5 Å². The zero-order valence-corrected chi connectivity index (χ0v) is 12.8. The van der Waals surface area contributed by atoms with E-state index in [4.69, 9.17) is 15.7 Å². The van der Waals surface area contributed by atoms with E-state index in [2.05, 4.69) is 10.5 Å². The molecule has 0 aliphatic carbocycles. The van der Waals surface area contributed by atoms with Crippen molar-refractivity contribution in [2.45, 2.75) is 6.42 Å². The van der Waals surface area contributed by atoms with Gasteiger partial charge in [-0.2, -0.15) is 0 Å². The Morgan fingerprint density at radius 2 is 2.18 bits per heavy atom. The SMILES string of the molecule is COc1ccccc1NC(=O)[C@H](Cc1cccs1)/C(N)=N\O. The van der Waals surface area contributed by atoms with Gasteiger partial charge in [-0.15, -0.1) is 11.3 Å². The number of ether oxygens (including phenoxy) is 1. The van der Waals surface area contributed by atoms with Crippen molar-refractivity contribution in [1.82, 2.24) is 0 Å². The molecule has 2 rings (SSSR count). The van der Waals surface area contributed by atoms with Crippen LogP contribution in [0.25, 0.3) is 0 Å². The number of benzene rings is 1. The fourth-order valence-electron chi connectivity index (χ4n) is 2.00. The summed E-state index contributed by atoms with van der Waals surface area (Å²) >= 11 is 1.51. The molecule has 0 saturated heterocycles. The third-order valence-electron chi connectivity index (χ3n) is 3.14. The number of methoxy groups -OCH3 is 1. The second kappa shape index (κ2) is 7.46. The Labute approximate surface area is 132 Å². The maximum Gasteiger partial charge on any atom is 0.235 e. The van der Waals surface area contributed by atoms with Crippen molar-refractivity contribution in [3.05, 3.63) is 46.7 Å². The molecule has 7 heteroatoms. The van der Waals surface area contributed by atoms with Crippen LogP contribution < -0.4 is 15.8 Å². The quantitative estimate of drug-likeness (QED) is 0.329. The van der Waals surface area contributed by atoms with Crippen molar-refractivity contribution in [2.24, 2.45) is 16.8 Å². The second-order valence-electron chi connectivity index (χ2n) is 4.55. The summed E-state index contributed by atoms with van der Waals surface area (Å²) in [7, 11) is 1.53. The Bertz CT molecular complexity index is 656. The van der Waals surface area contributed by atoms with Crippen LogP contribution in [0.1, 0.15) is 4.88 Å². The first-order chi connectivity index (χ1) is 10.7. The Morgan fingerprint density at radius 3 is 2.82 bits per heavy atom. The Balaban J connectivity index is 2.18. The van der Waals surface area contributed by atoms with Gasteiger partial charge in [0.1, 0.15) is 11.7 Å². The van der Waals surface area contributed by atoms with Gasteiger partial charge in [0.15, 0.2) is 5.84 Å². The van der Waals surface area contributed by atoms with Gasteiger partial charge in [-0.05, 0) is 23.6 Å². The molecule has 6 nitrogen and oxygen atoms in total. The zero-order chi connectivity index (χ0) is 15.9. The number of amidine groups is 1. The summed E-state index contributed by atoms with van der Waals surface area (Å²) in [5.74, 6) is -0.687. The number of nitrogens with one attached hydrogen (secondary N) is 1. The van der Waals surface area contributed by atoms with Gasteiger partial charge >= 0.3 is 0 Å². The van der Waals surface area contributed by atoms with Crippen LogP contribution in [0, 0.1) is 5.92 Å². The molecule has 0 spiro atoms. The van der Waals surface area contributed by atoms with Crippen molar-refractivity contribution in [2.75, 3.05) is 12.4 Å². The highest BCUT2D eigenvalue weighted by Crippen LogP contribution is 2.24. The van der Waals surface area contributed by atoms with Gasteiger partial charge in [-0.1, -0.05) is 23.4 Å². The number of carbonyl (C=O) groups excluding carboxylic acids is 1. The second-order valence-corrected chi connectivity index (χ2v) is 5.58. The lowest BCUT2D eigenvalue weighted by Crippen LogP contribution is -2.36. The number of oxime groups is 1. The van der Waals surface area contributed by atoms with E-state index < -0.39 is 5.92 Å². The van der Waals surface area contributed by atoms with Crippen LogP contribution in [0.4, 0.5) is 5.69 Å². The topological polar surface area (TPSA) is 96.9 Å². The van der Waals surface area contributed by atoms with Crippen molar-refractivity contribution >= 4 is 28.8 Å². The van der Waals surface area contributed by atoms with E-state index in [0.717, 1.165) is 4.88 Å². The standard InChI is InChI=1S/C15H17N3O3S/c1-21-13-7-3-2-6-12(13)17-15(19)11(14(16)18-20)9-10-5-4-8-22-10/h2-8,11,20H,9H2,1H3,(H2,16,18)(H,17,19)/t11-/m1/s1. The molecule has 116 valence electrons. The van der Waals surface area contributed by atoms with Crippen molar-refractivity contribution < 1.29 is 14.7 Å². The summed E-state index contributed by atoms with van der Waals surface area (Å²) in [5, 5.41) is 16.6. The molecule has 1 heterocycles. The predicted octanol–water partition coefficient (Wildman–Crippen LogP) is 2.30. The van der Waals surface area contributed by atoms with Crippen LogP contribution in [-0.4, -0.2) is 24.1 Å². The van der Waals surface area contributed by atoms with Gasteiger partial charge in [-0.25, -0.2) is 0 Å². The minimum absolute atomic E-state index is 0.124. The number of rotatable bonds is 6. The number of hydrogen-bond donors (Lipinski definition) is 3. The predicted molar refractivity (Wildman–Crippen MR) is 86.5 cm³/mol. The third-order valence-corrected chi connectivity index (χ3v) is 4.04. The van der Waals surface area contributed by atoms with E-state index in [9.17, 15) is 4.79 Å². The first-order valence-electron chi connectivity index (χ1n) is 6.59. The number of amides is 1. The highest BCUT2D eigenvalue weighted by atomic mass is 32.1. The van der Waals surface area contributed by atoms with Crippen LogP contribution in [0.15, 0.2) is 46.9 Å². The van der Waals surface area contributed by atoms with Crippen LogP contribution in [-0.2, 0) is 11.2 Å². The molecule has 0 unspecified atom stereocenters.